The lowest BCUT2D eigenvalue weighted by molar-refractivity contribution is 0.0342. The number of para-hydroxylation sites is 1. The molecule has 4 aliphatic heterocycles. The maximum absolute atomic E-state index is 13.5. The Morgan fingerprint density at radius 2 is 0.652 bits per heavy atom. The van der Waals surface area contributed by atoms with Crippen molar-refractivity contribution in [2.24, 2.45) is 0 Å². The van der Waals surface area contributed by atoms with Crippen LogP contribution in [0.15, 0.2) is 176 Å². The number of H-pyrrole nitrogens is 5. The third kappa shape index (κ3) is 20.0. The first-order valence-corrected chi connectivity index (χ1v) is 38.8. The molecule has 16 rings (SSSR count). The molecule has 4 aliphatic rings. The molecule has 7 aromatic carbocycles. The molecule has 12 aromatic rings. The van der Waals surface area contributed by atoms with Gasteiger partial charge in [-0.3, -0.25) is 48.5 Å². The molecule has 0 amide bonds. The lowest BCUT2D eigenvalue weighted by Gasteiger charge is -2.36. The number of aromatic nitrogens is 5. The van der Waals surface area contributed by atoms with E-state index in [2.05, 4.69) is 135 Å². The van der Waals surface area contributed by atoms with Crippen molar-refractivity contribution in [3.8, 4) is 0 Å². The number of hydrogen-bond donors (Lipinski definition) is 5. The van der Waals surface area contributed by atoms with E-state index in [0.717, 1.165) is 234 Å². The molecule has 0 aliphatic carbocycles. The SMILES string of the molecule is CCN(CC)Cc1c(C)[nH]c(=O)c2cc(F)ccc12.Cc1[nH]c(=O)c2cc(F)ccc2c1CN1CCC(c2ccccc2)CC1.Cc1[nH]c(=O)c2cc(F)ccc2c1CN1CCN(C)CC1.Cc1[nH]c(=O)c2cc(F)ccc2c1CN1CCN(c2ccccc2)CC1.Cc1[nH]c(=O)c2cc(F)ccc2c1CN1CCOCC1. The molecule has 5 N–H and O–H groups in total. The molecule has 5 aromatic heterocycles. The summed E-state index contributed by atoms with van der Waals surface area (Å²) in [6, 6.07) is 43.4. The normalized spacial score (nSPS) is 15.6. The molecule has 0 saturated carbocycles. The fourth-order valence-electron chi connectivity index (χ4n) is 15.7. The fourth-order valence-corrected chi connectivity index (χ4v) is 15.7. The number of nitrogens with zero attached hydrogens (tertiary/aromatic N) is 7. The summed E-state index contributed by atoms with van der Waals surface area (Å²) in [6.07, 6.45) is 2.28. The van der Waals surface area contributed by atoms with Gasteiger partial charge in [0, 0.05) is 132 Å². The van der Waals surface area contributed by atoms with E-state index >= 15 is 0 Å². The molecule has 0 atom stereocenters. The summed E-state index contributed by atoms with van der Waals surface area (Å²) in [5.74, 6) is -1.27. The van der Waals surface area contributed by atoms with Gasteiger partial charge in [0.2, 0.25) is 0 Å². The summed E-state index contributed by atoms with van der Waals surface area (Å²) < 4.78 is 72.4. The number of likely N-dealkylation sites (N-methyl/N-ethyl adjacent to an activating group) is 1. The number of aromatic amines is 5. The molecule has 588 valence electrons. The minimum absolute atomic E-state index is 0.218. The Morgan fingerprint density at radius 3 is 0.991 bits per heavy atom. The molecule has 0 bridgehead atoms. The van der Waals surface area contributed by atoms with Crippen LogP contribution in [-0.2, 0) is 37.5 Å². The third-order valence-corrected chi connectivity index (χ3v) is 22.4. The van der Waals surface area contributed by atoms with E-state index < -0.39 is 0 Å². The smallest absolute Gasteiger partial charge is 0.256 e. The van der Waals surface area contributed by atoms with Gasteiger partial charge in [-0.15, -0.1) is 0 Å². The average Bonchev–Trinajstić information content (AvgIpc) is 0.804. The number of halogens is 5. The first kappa shape index (κ1) is 81.3. The lowest BCUT2D eigenvalue weighted by atomic mass is 9.89. The number of rotatable bonds is 14. The number of fused-ring (bicyclic) bond motifs is 5. The molecule has 0 radical (unpaired) electrons. The second-order valence-electron chi connectivity index (χ2n) is 29.7. The van der Waals surface area contributed by atoms with Crippen LogP contribution in [0, 0.1) is 63.7 Å². The number of piperidine rings is 1. The highest BCUT2D eigenvalue weighted by molar-refractivity contribution is 5.89. The second kappa shape index (κ2) is 37.4. The number of benzene rings is 7. The monoisotopic (exact) mass is 1530 g/mol. The predicted molar refractivity (Wildman–Crippen MR) is 439 cm³/mol. The summed E-state index contributed by atoms with van der Waals surface area (Å²) in [5, 5.41) is 6.37. The number of piperazine rings is 2. The van der Waals surface area contributed by atoms with E-state index in [1.807, 2.05) is 40.7 Å². The molecular weight excluding hydrogens is 1430 g/mol. The molecule has 4 saturated heterocycles. The van der Waals surface area contributed by atoms with Crippen LogP contribution in [0.5, 0.6) is 0 Å². The Hall–Kier alpha value is -10.2. The molecule has 0 spiro atoms. The van der Waals surface area contributed by atoms with Crippen molar-refractivity contribution in [2.75, 3.05) is 117 Å². The van der Waals surface area contributed by atoms with Crippen LogP contribution in [0.25, 0.3) is 53.9 Å². The highest BCUT2D eigenvalue weighted by Gasteiger charge is 2.25. The molecule has 4 fully saturated rings. The van der Waals surface area contributed by atoms with Crippen molar-refractivity contribution in [1.82, 2.24) is 54.3 Å². The van der Waals surface area contributed by atoms with Crippen LogP contribution in [-0.4, -0.2) is 166 Å². The van der Waals surface area contributed by atoms with Crippen molar-refractivity contribution in [2.45, 2.75) is 99.9 Å². The van der Waals surface area contributed by atoms with Crippen molar-refractivity contribution in [3.63, 3.8) is 0 Å². The van der Waals surface area contributed by atoms with Gasteiger partial charge in [0.15, 0.2) is 0 Å². The van der Waals surface area contributed by atoms with E-state index in [1.165, 1.54) is 71.9 Å². The minimum atomic E-state index is -0.385. The molecule has 23 heteroatoms. The van der Waals surface area contributed by atoms with Gasteiger partial charge in [-0.25, -0.2) is 22.0 Å². The Balaban J connectivity index is 0.000000131. The predicted octanol–water partition coefficient (Wildman–Crippen LogP) is 14.0. The van der Waals surface area contributed by atoms with E-state index in [4.69, 9.17) is 4.74 Å². The zero-order valence-corrected chi connectivity index (χ0v) is 65.2. The van der Waals surface area contributed by atoms with Gasteiger partial charge in [0.05, 0.1) is 40.1 Å². The summed E-state index contributed by atoms with van der Waals surface area (Å²) in [5.41, 5.74) is 11.3. The van der Waals surface area contributed by atoms with Crippen molar-refractivity contribution in [3.05, 3.63) is 294 Å². The minimum Gasteiger partial charge on any atom is -0.379 e. The third-order valence-electron chi connectivity index (χ3n) is 22.4. The first-order chi connectivity index (χ1) is 54.0. The van der Waals surface area contributed by atoms with Gasteiger partial charge >= 0.3 is 0 Å². The van der Waals surface area contributed by atoms with Gasteiger partial charge in [-0.1, -0.05) is 92.7 Å². The Labute approximate surface area is 648 Å². The van der Waals surface area contributed by atoms with E-state index in [1.54, 1.807) is 30.3 Å². The van der Waals surface area contributed by atoms with Crippen molar-refractivity contribution >= 4 is 59.5 Å². The van der Waals surface area contributed by atoms with Gasteiger partial charge in [0.1, 0.15) is 29.1 Å². The summed E-state index contributed by atoms with van der Waals surface area (Å²) in [6.45, 7) is 32.7. The number of ether oxygens (including phenoxy) is 1. The Morgan fingerprint density at radius 1 is 0.357 bits per heavy atom. The number of likely N-dealkylation sites (tertiary alicyclic amines) is 1. The number of nitrogens with one attached hydrogen (secondary N) is 5. The molecular formula is C89H101F5N12O6. The molecule has 112 heavy (non-hydrogen) atoms. The summed E-state index contributed by atoms with van der Waals surface area (Å²) in [7, 11) is 2.13. The Kier molecular flexibility index (Phi) is 27.1. The quantitative estimate of drug-likeness (QED) is 0.0646. The summed E-state index contributed by atoms with van der Waals surface area (Å²) >= 11 is 0. The van der Waals surface area contributed by atoms with Crippen LogP contribution in [0.1, 0.15) is 94.5 Å². The number of aryl methyl sites for hydroxylation is 5. The van der Waals surface area contributed by atoms with Gasteiger partial charge in [-0.2, -0.15) is 0 Å². The number of pyridine rings is 5. The van der Waals surface area contributed by atoms with E-state index in [0.29, 0.717) is 32.8 Å². The van der Waals surface area contributed by atoms with Gasteiger partial charge < -0.3 is 39.5 Å². The Bertz CT molecular complexity index is 5420. The van der Waals surface area contributed by atoms with Crippen LogP contribution < -0.4 is 32.7 Å². The molecule has 0 unspecified atom stereocenters. The van der Waals surface area contributed by atoms with Crippen LogP contribution in [0.4, 0.5) is 27.6 Å². The molecule has 18 nitrogen and oxygen atoms in total. The second-order valence-corrected chi connectivity index (χ2v) is 29.7. The lowest BCUT2D eigenvalue weighted by Crippen LogP contribution is -2.46. The van der Waals surface area contributed by atoms with Crippen molar-refractivity contribution < 1.29 is 26.7 Å². The number of hydrogen-bond acceptors (Lipinski definition) is 13. The van der Waals surface area contributed by atoms with Crippen LogP contribution in [0.2, 0.25) is 0 Å². The first-order valence-electron chi connectivity index (χ1n) is 38.8. The largest absolute Gasteiger partial charge is 0.379 e. The van der Waals surface area contributed by atoms with Gasteiger partial charge in [0.25, 0.3) is 27.8 Å². The average molecular weight is 1530 g/mol. The van der Waals surface area contributed by atoms with Crippen LogP contribution >= 0.6 is 0 Å². The fraction of sp³-hybridized carbons (Fsp3) is 0.360. The highest BCUT2D eigenvalue weighted by atomic mass is 19.1. The maximum atomic E-state index is 13.5. The topological polar surface area (TPSA) is 196 Å². The maximum Gasteiger partial charge on any atom is 0.256 e. The molecule has 9 heterocycles. The standard InChI is InChI=1S/C22H23FN2O.C21H22FN3O.C16H20FN3O.C15H17FN2O2.C15H19FN2O/c1-15-21(19-8-7-18(23)13-20(19)22(26)24-15)14-25-11-9-17(10-12-25)16-5-3-2-4-6-16;1-15-20(18-8-7-16(22)13-19(18)21(26)23-15)14-24-9-11-25(12-10-24)17-5-3-2-4-6-17;1-11-15(10-20-7-5-19(2)6-8-20)13-4-3-12(17)9-14(13)16(21)18-11;1-10-14(9-18-4-6-20-7-5-18)12-3-2-11(16)8-13(12)15(19)17-10;1-4-18(5-2)9-14-10(3)17-15(19)13-8-11(16)6-7-12(13)14/h2-8,13,17H,9-12,14H2,1H3,(H,24,26);2-8,13H,9-12,14H2,1H3,(H,23,26);3-4,9H,5-8,10H2,1-2H3,(H,18,21);2-3,8H,4-7,9H2,1H3,(H,17,19);6-8H,4-5,9H2,1-3H3,(H,17,19). The number of morpholine rings is 1. The summed E-state index contributed by atoms with van der Waals surface area (Å²) in [4.78, 5) is 90.8. The van der Waals surface area contributed by atoms with E-state index in [-0.39, 0.29) is 56.9 Å². The van der Waals surface area contributed by atoms with Crippen LogP contribution in [0.3, 0.4) is 0 Å². The van der Waals surface area contributed by atoms with E-state index in [9.17, 15) is 45.9 Å². The zero-order chi connectivity index (χ0) is 79.3. The number of anilines is 1. The van der Waals surface area contributed by atoms with Crippen molar-refractivity contribution in [1.29, 1.82) is 0 Å². The van der Waals surface area contributed by atoms with Gasteiger partial charge in [-0.05, 0) is 220 Å². The highest BCUT2D eigenvalue weighted by Crippen LogP contribution is 2.32. The zero-order valence-electron chi connectivity index (χ0n) is 65.2.